The number of rotatable bonds is 5. The van der Waals surface area contributed by atoms with Gasteiger partial charge in [-0.3, -0.25) is 0 Å². The highest BCUT2D eigenvalue weighted by atomic mass is 16.6. The highest BCUT2D eigenvalue weighted by Crippen LogP contribution is 2.37. The molecule has 1 atom stereocenters. The molecule has 0 aromatic carbocycles. The molecule has 11 nitrogen and oxygen atoms in total. The van der Waals surface area contributed by atoms with E-state index < -0.39 is 4.92 Å². The zero-order valence-corrected chi connectivity index (χ0v) is 16.5. The maximum Gasteiger partial charge on any atom is 0.401 e. The predicted molar refractivity (Wildman–Crippen MR) is 109 cm³/mol. The van der Waals surface area contributed by atoms with Crippen molar-refractivity contribution in [2.45, 2.75) is 33.0 Å². The number of hydrogen-bond acceptors (Lipinski definition) is 9. The third-order valence-electron chi connectivity index (χ3n) is 4.63. The van der Waals surface area contributed by atoms with E-state index in [-0.39, 0.29) is 23.4 Å². The van der Waals surface area contributed by atoms with Crippen LogP contribution in [0.15, 0.2) is 30.7 Å². The fourth-order valence-corrected chi connectivity index (χ4v) is 3.53. The van der Waals surface area contributed by atoms with Crippen LogP contribution >= 0.6 is 0 Å². The second-order valence-electron chi connectivity index (χ2n) is 7.10. The van der Waals surface area contributed by atoms with E-state index in [2.05, 4.69) is 56.4 Å². The Morgan fingerprint density at radius 1 is 1.31 bits per heavy atom. The molecular formula is C18H21N9O2. The number of aromatic nitrogens is 5. The number of pyridine rings is 1. The van der Waals surface area contributed by atoms with E-state index in [1.54, 1.807) is 25.5 Å². The van der Waals surface area contributed by atoms with E-state index in [9.17, 15) is 10.1 Å². The number of aryl methyl sites for hydroxylation is 1. The monoisotopic (exact) mass is 395 g/mol. The lowest BCUT2D eigenvalue weighted by Crippen LogP contribution is -2.38. The van der Waals surface area contributed by atoms with Crippen LogP contribution in [0.1, 0.15) is 20.8 Å². The summed E-state index contributed by atoms with van der Waals surface area (Å²) in [5.74, 6) is 1.04. The molecule has 4 rings (SSSR count). The van der Waals surface area contributed by atoms with E-state index in [0.29, 0.717) is 17.7 Å². The van der Waals surface area contributed by atoms with Gasteiger partial charge >= 0.3 is 5.82 Å². The maximum absolute atomic E-state index is 11.2. The van der Waals surface area contributed by atoms with E-state index in [4.69, 9.17) is 0 Å². The van der Waals surface area contributed by atoms with Gasteiger partial charge in [0.25, 0.3) is 0 Å². The first-order valence-corrected chi connectivity index (χ1v) is 9.17. The van der Waals surface area contributed by atoms with Crippen LogP contribution in [0.3, 0.4) is 0 Å². The fourth-order valence-electron chi connectivity index (χ4n) is 3.53. The zero-order chi connectivity index (χ0) is 20.7. The molecule has 0 bridgehead atoms. The molecule has 1 aliphatic rings. The Bertz CT molecular complexity index is 1080. The quantitative estimate of drug-likeness (QED) is 0.495. The number of nitrogens with zero attached hydrogens (tertiary/aromatic N) is 7. The molecule has 0 radical (unpaired) electrons. The van der Waals surface area contributed by atoms with Crippen molar-refractivity contribution in [3.05, 3.63) is 40.8 Å². The summed E-state index contributed by atoms with van der Waals surface area (Å²) in [6, 6.07) is 3.97. The highest BCUT2D eigenvalue weighted by Gasteiger charge is 2.28. The lowest BCUT2D eigenvalue weighted by atomic mass is 10.2. The van der Waals surface area contributed by atoms with E-state index >= 15 is 0 Å². The summed E-state index contributed by atoms with van der Waals surface area (Å²) in [4.78, 5) is 26.0. The molecule has 0 amide bonds. The van der Waals surface area contributed by atoms with Crippen LogP contribution in [-0.4, -0.2) is 41.9 Å². The highest BCUT2D eigenvalue weighted by molar-refractivity contribution is 5.78. The molecule has 11 heteroatoms. The smallest absolute Gasteiger partial charge is 0.362 e. The SMILES string of the molecule is CC(C)N1c2cc(Nc3ccnc(-c4cn(C)nc4[N+](=O)[O-])n3)ncc2NC1C. The second-order valence-corrected chi connectivity index (χ2v) is 7.10. The summed E-state index contributed by atoms with van der Waals surface area (Å²) >= 11 is 0. The first-order chi connectivity index (χ1) is 13.8. The molecule has 0 aliphatic carbocycles. The van der Waals surface area contributed by atoms with Crippen LogP contribution in [0, 0.1) is 10.1 Å². The van der Waals surface area contributed by atoms with E-state index in [0.717, 1.165) is 11.4 Å². The Morgan fingerprint density at radius 2 is 2.10 bits per heavy atom. The van der Waals surface area contributed by atoms with Crippen LogP contribution in [0.5, 0.6) is 0 Å². The number of hydrogen-bond donors (Lipinski definition) is 2. The number of nitro groups is 1. The first-order valence-electron chi connectivity index (χ1n) is 9.17. The topological polar surface area (TPSA) is 127 Å². The van der Waals surface area contributed by atoms with Gasteiger partial charge in [-0.25, -0.2) is 15.0 Å². The molecule has 1 aliphatic heterocycles. The molecule has 4 heterocycles. The third-order valence-corrected chi connectivity index (χ3v) is 4.63. The summed E-state index contributed by atoms with van der Waals surface area (Å²) in [6.45, 7) is 6.38. The molecule has 3 aromatic heterocycles. The molecule has 29 heavy (non-hydrogen) atoms. The van der Waals surface area contributed by atoms with Crippen molar-refractivity contribution >= 4 is 28.8 Å². The number of anilines is 4. The van der Waals surface area contributed by atoms with Gasteiger partial charge in [0, 0.05) is 18.3 Å². The molecule has 0 saturated carbocycles. The lowest BCUT2D eigenvalue weighted by Gasteiger charge is -2.28. The molecule has 0 fully saturated rings. The van der Waals surface area contributed by atoms with Crippen molar-refractivity contribution in [3.63, 3.8) is 0 Å². The average molecular weight is 395 g/mol. The summed E-state index contributed by atoms with van der Waals surface area (Å²) < 4.78 is 1.37. The average Bonchev–Trinajstić information content (AvgIpc) is 3.21. The number of nitrogens with one attached hydrogen (secondary N) is 2. The van der Waals surface area contributed by atoms with Crippen molar-refractivity contribution in [1.82, 2.24) is 24.7 Å². The summed E-state index contributed by atoms with van der Waals surface area (Å²) in [6.07, 6.45) is 5.03. The largest absolute Gasteiger partial charge is 0.401 e. The van der Waals surface area contributed by atoms with Crippen LogP contribution < -0.4 is 15.5 Å². The van der Waals surface area contributed by atoms with Gasteiger partial charge in [0.15, 0.2) is 5.82 Å². The molecule has 150 valence electrons. The van der Waals surface area contributed by atoms with Gasteiger partial charge in [-0.15, -0.1) is 0 Å². The Morgan fingerprint density at radius 3 is 2.83 bits per heavy atom. The molecule has 2 N–H and O–H groups in total. The molecule has 1 unspecified atom stereocenters. The van der Waals surface area contributed by atoms with Crippen molar-refractivity contribution < 1.29 is 4.92 Å². The summed E-state index contributed by atoms with van der Waals surface area (Å²) in [7, 11) is 1.61. The van der Waals surface area contributed by atoms with Gasteiger partial charge in [0.1, 0.15) is 17.2 Å². The predicted octanol–water partition coefficient (Wildman–Crippen LogP) is 2.91. The minimum absolute atomic E-state index is 0.179. The van der Waals surface area contributed by atoms with E-state index in [1.807, 2.05) is 6.07 Å². The van der Waals surface area contributed by atoms with Gasteiger partial charge in [-0.05, 0) is 31.8 Å². The van der Waals surface area contributed by atoms with E-state index in [1.165, 1.54) is 10.9 Å². The third kappa shape index (κ3) is 3.42. The zero-order valence-electron chi connectivity index (χ0n) is 16.5. The van der Waals surface area contributed by atoms with Gasteiger partial charge < -0.3 is 25.6 Å². The minimum atomic E-state index is -0.546. The first kappa shape index (κ1) is 18.6. The van der Waals surface area contributed by atoms with Crippen molar-refractivity contribution in [2.24, 2.45) is 7.05 Å². The Hall–Kier alpha value is -3.76. The summed E-state index contributed by atoms with van der Waals surface area (Å²) in [5, 5.41) is 21.7. The van der Waals surface area contributed by atoms with Crippen molar-refractivity contribution in [3.8, 4) is 11.4 Å². The van der Waals surface area contributed by atoms with Crippen LogP contribution in [0.2, 0.25) is 0 Å². The lowest BCUT2D eigenvalue weighted by molar-refractivity contribution is -0.389. The van der Waals surface area contributed by atoms with Gasteiger partial charge in [0.05, 0.1) is 42.1 Å². The molecule has 3 aromatic rings. The molecule has 0 saturated heterocycles. The Kier molecular flexibility index (Phi) is 4.49. The van der Waals surface area contributed by atoms with Crippen LogP contribution in [0.4, 0.5) is 28.8 Å². The minimum Gasteiger partial charge on any atom is -0.362 e. The number of fused-ring (bicyclic) bond motifs is 1. The molecule has 0 spiro atoms. The normalized spacial score (nSPS) is 15.3. The second kappa shape index (κ2) is 7.00. The fraction of sp³-hybridized carbons (Fsp3) is 0.333. The maximum atomic E-state index is 11.2. The molecular weight excluding hydrogens is 374 g/mol. The standard InChI is InChI=1S/C18H21N9O2/c1-10(2)26-11(3)21-13-8-20-16(7-14(13)26)22-15-5-6-19-17(23-15)12-9-25(4)24-18(12)27(28)29/h5-11,21H,1-4H3,(H,19,20,22,23). The van der Waals surface area contributed by atoms with Crippen molar-refractivity contribution in [1.29, 1.82) is 0 Å². The van der Waals surface area contributed by atoms with Crippen molar-refractivity contribution in [2.75, 3.05) is 15.5 Å². The van der Waals surface area contributed by atoms with Crippen LogP contribution in [0.25, 0.3) is 11.4 Å². The van der Waals surface area contributed by atoms with Gasteiger partial charge in [0.2, 0.25) is 0 Å². The van der Waals surface area contributed by atoms with Gasteiger partial charge in [-0.2, -0.15) is 4.68 Å². The Labute approximate surface area is 167 Å². The Balaban J connectivity index is 1.64. The van der Waals surface area contributed by atoms with Gasteiger partial charge in [-0.1, -0.05) is 0 Å². The summed E-state index contributed by atoms with van der Waals surface area (Å²) in [5.41, 5.74) is 2.29. The van der Waals surface area contributed by atoms with Crippen LogP contribution in [-0.2, 0) is 7.05 Å².